The maximum Gasteiger partial charge on any atom is 0.0486 e. The predicted octanol–water partition coefficient (Wildman–Crippen LogP) is 4.32. The van der Waals surface area contributed by atoms with Crippen molar-refractivity contribution in [1.29, 1.82) is 0 Å². The van der Waals surface area contributed by atoms with Crippen molar-refractivity contribution in [3.8, 4) is 0 Å². The van der Waals surface area contributed by atoms with Crippen LogP contribution in [-0.4, -0.2) is 8.07 Å². The summed E-state index contributed by atoms with van der Waals surface area (Å²) >= 11 is 0. The van der Waals surface area contributed by atoms with Crippen LogP contribution in [0, 0.1) is 11.3 Å². The summed E-state index contributed by atoms with van der Waals surface area (Å²) in [5.41, 5.74) is 3.07. The van der Waals surface area contributed by atoms with Crippen molar-refractivity contribution >= 4 is 8.07 Å². The van der Waals surface area contributed by atoms with E-state index in [1.165, 1.54) is 5.57 Å². The van der Waals surface area contributed by atoms with E-state index in [0.717, 1.165) is 11.5 Å². The quantitative estimate of drug-likeness (QED) is 0.456. The van der Waals surface area contributed by atoms with Gasteiger partial charge < -0.3 is 0 Å². The lowest BCUT2D eigenvalue weighted by atomic mass is 10.1. The fraction of sp³-hybridized carbons (Fsp3) is 0.833. The first-order valence-corrected chi connectivity index (χ1v) is 8.90. The van der Waals surface area contributed by atoms with Gasteiger partial charge in [0.15, 0.2) is 0 Å². The van der Waals surface area contributed by atoms with Crippen LogP contribution in [0.1, 0.15) is 27.7 Å². The molecule has 0 aliphatic heterocycles. The molecule has 0 N–H and O–H groups in total. The first-order chi connectivity index (χ1) is 5.67. The summed E-state index contributed by atoms with van der Waals surface area (Å²) < 4.78 is 0. The molecule has 0 amide bonds. The van der Waals surface area contributed by atoms with E-state index in [0.29, 0.717) is 5.41 Å². The number of hydrogen-bond donors (Lipinski definition) is 0. The molecular weight excluding hydrogens is 172 g/mol. The van der Waals surface area contributed by atoms with E-state index in [2.05, 4.69) is 53.4 Å². The maximum absolute atomic E-state index is 2.50. The fourth-order valence-electron chi connectivity index (χ4n) is 3.00. The Morgan fingerprint density at radius 1 is 1.15 bits per heavy atom. The molecule has 0 spiro atoms. The summed E-state index contributed by atoms with van der Waals surface area (Å²) in [6.07, 6.45) is 2.49. The average Bonchev–Trinajstić information content (AvgIpc) is 2.29. The van der Waals surface area contributed by atoms with Crippen LogP contribution in [0.25, 0.3) is 0 Å². The molecule has 0 aromatic heterocycles. The monoisotopic (exact) mass is 196 g/mol. The smallest absolute Gasteiger partial charge is 0.0486 e. The first kappa shape index (κ1) is 11.0. The molecule has 0 aromatic carbocycles. The molecule has 1 fully saturated rings. The number of hydrogen-bond acceptors (Lipinski definition) is 0. The van der Waals surface area contributed by atoms with Crippen LogP contribution in [0.3, 0.4) is 0 Å². The molecule has 0 radical (unpaired) electrons. The molecule has 0 unspecified atom stereocenters. The van der Waals surface area contributed by atoms with E-state index >= 15 is 0 Å². The number of allylic oxidation sites excluding steroid dienone is 2. The third-order valence-corrected chi connectivity index (χ3v) is 6.33. The van der Waals surface area contributed by atoms with Gasteiger partial charge in [0, 0.05) is 8.07 Å². The number of rotatable bonds is 2. The normalized spacial score (nSPS) is 31.3. The van der Waals surface area contributed by atoms with Gasteiger partial charge in [-0.3, -0.25) is 0 Å². The van der Waals surface area contributed by atoms with Gasteiger partial charge in [-0.2, -0.15) is 0 Å². The van der Waals surface area contributed by atoms with Crippen LogP contribution in [0.2, 0.25) is 25.2 Å². The molecule has 0 bridgehead atoms. The van der Waals surface area contributed by atoms with Gasteiger partial charge in [0.2, 0.25) is 0 Å². The molecule has 0 nitrogen and oxygen atoms in total. The minimum atomic E-state index is -0.933. The zero-order valence-electron chi connectivity index (χ0n) is 10.2. The fourth-order valence-corrected chi connectivity index (χ4v) is 6.93. The van der Waals surface area contributed by atoms with Crippen molar-refractivity contribution in [2.24, 2.45) is 11.3 Å². The zero-order valence-corrected chi connectivity index (χ0v) is 11.2. The van der Waals surface area contributed by atoms with Crippen molar-refractivity contribution in [2.45, 2.75) is 52.9 Å². The predicted molar refractivity (Wildman–Crippen MR) is 63.8 cm³/mol. The Bertz CT molecular complexity index is 226. The van der Waals surface area contributed by atoms with Gasteiger partial charge in [-0.05, 0) is 30.7 Å². The molecule has 1 aliphatic carbocycles. The highest BCUT2D eigenvalue weighted by Crippen LogP contribution is 2.68. The Hall–Kier alpha value is -0.0431. The average molecular weight is 196 g/mol. The molecule has 0 heterocycles. The second kappa shape index (κ2) is 2.98. The van der Waals surface area contributed by atoms with E-state index in [-0.39, 0.29) is 0 Å². The molecule has 76 valence electrons. The first-order valence-electron chi connectivity index (χ1n) is 5.32. The zero-order chi connectivity index (χ0) is 10.4. The Kier molecular flexibility index (Phi) is 2.53. The lowest BCUT2D eigenvalue weighted by molar-refractivity contribution is 0.606. The summed E-state index contributed by atoms with van der Waals surface area (Å²) in [5, 5.41) is 0. The molecule has 1 aliphatic rings. The Balaban J connectivity index is 2.79. The van der Waals surface area contributed by atoms with Gasteiger partial charge in [0.1, 0.15) is 0 Å². The lowest BCUT2D eigenvalue weighted by Gasteiger charge is -2.17. The largest absolute Gasteiger partial charge is 0.0822 e. The van der Waals surface area contributed by atoms with Crippen LogP contribution >= 0.6 is 0 Å². The van der Waals surface area contributed by atoms with E-state index < -0.39 is 8.07 Å². The molecule has 1 saturated carbocycles. The molecule has 13 heavy (non-hydrogen) atoms. The van der Waals surface area contributed by atoms with Crippen LogP contribution < -0.4 is 0 Å². The van der Waals surface area contributed by atoms with Crippen LogP contribution in [-0.2, 0) is 0 Å². The Labute approximate surface area is 84.4 Å². The van der Waals surface area contributed by atoms with Crippen molar-refractivity contribution in [3.05, 3.63) is 11.6 Å². The van der Waals surface area contributed by atoms with Crippen molar-refractivity contribution in [2.75, 3.05) is 0 Å². The summed E-state index contributed by atoms with van der Waals surface area (Å²) in [6, 6.07) is 0. The summed E-state index contributed by atoms with van der Waals surface area (Å²) in [5.74, 6) is 0.865. The van der Waals surface area contributed by atoms with Gasteiger partial charge in [-0.25, -0.2) is 0 Å². The van der Waals surface area contributed by atoms with Crippen molar-refractivity contribution in [3.63, 3.8) is 0 Å². The molecule has 0 aromatic rings. The van der Waals surface area contributed by atoms with Gasteiger partial charge in [0.25, 0.3) is 0 Å². The molecule has 2 atom stereocenters. The summed E-state index contributed by atoms with van der Waals surface area (Å²) in [6.45, 7) is 16.8. The topological polar surface area (TPSA) is 0 Å². The van der Waals surface area contributed by atoms with Crippen molar-refractivity contribution < 1.29 is 0 Å². The Morgan fingerprint density at radius 3 is 1.85 bits per heavy atom. The van der Waals surface area contributed by atoms with Crippen LogP contribution in [0.4, 0.5) is 0 Å². The summed E-state index contributed by atoms with van der Waals surface area (Å²) in [7, 11) is -0.933. The minimum absolute atomic E-state index is 0.585. The van der Waals surface area contributed by atoms with E-state index in [4.69, 9.17) is 0 Å². The summed E-state index contributed by atoms with van der Waals surface area (Å²) in [4.78, 5) is 0. The standard InChI is InChI=1S/C12H24Si/c1-9(2)8-10-11(12(10,3)4)13(5,6)7/h8,10-11H,1-7H3/t10-,11-/m1/s1. The second-order valence-electron chi connectivity index (χ2n) is 6.43. The maximum atomic E-state index is 2.50. The molecule has 1 rings (SSSR count). The van der Waals surface area contributed by atoms with E-state index in [9.17, 15) is 0 Å². The van der Waals surface area contributed by atoms with Gasteiger partial charge in [-0.1, -0.05) is 45.1 Å². The van der Waals surface area contributed by atoms with E-state index in [1.807, 2.05) is 0 Å². The second-order valence-corrected chi connectivity index (χ2v) is 11.8. The van der Waals surface area contributed by atoms with E-state index in [1.54, 1.807) is 0 Å². The molecular formula is C12H24Si. The van der Waals surface area contributed by atoms with Gasteiger partial charge in [-0.15, -0.1) is 0 Å². The highest BCUT2D eigenvalue weighted by atomic mass is 28.3. The SMILES string of the molecule is CC(C)=C[C@@H]1[C@@H]([Si](C)(C)C)C1(C)C. The van der Waals surface area contributed by atoms with Crippen molar-refractivity contribution in [1.82, 2.24) is 0 Å². The third-order valence-electron chi connectivity index (χ3n) is 3.36. The molecule has 1 heteroatoms. The lowest BCUT2D eigenvalue weighted by Crippen LogP contribution is -2.22. The Morgan fingerprint density at radius 2 is 1.62 bits per heavy atom. The highest BCUT2D eigenvalue weighted by Gasteiger charge is 2.61. The van der Waals surface area contributed by atoms with Gasteiger partial charge >= 0.3 is 0 Å². The van der Waals surface area contributed by atoms with Gasteiger partial charge in [0.05, 0.1) is 0 Å². The highest BCUT2D eigenvalue weighted by molar-refractivity contribution is 6.78. The van der Waals surface area contributed by atoms with Crippen LogP contribution in [0.15, 0.2) is 11.6 Å². The molecule has 0 saturated heterocycles. The van der Waals surface area contributed by atoms with Crippen LogP contribution in [0.5, 0.6) is 0 Å². The minimum Gasteiger partial charge on any atom is -0.0822 e. The third kappa shape index (κ3) is 2.07.